The topological polar surface area (TPSA) is 82.4 Å². The predicted molar refractivity (Wildman–Crippen MR) is 87.9 cm³/mol. The number of anilines is 1. The Bertz CT molecular complexity index is 761. The van der Waals surface area contributed by atoms with Crippen LogP contribution < -0.4 is 9.64 Å². The van der Waals surface area contributed by atoms with Crippen molar-refractivity contribution in [3.8, 4) is 11.9 Å². The lowest BCUT2D eigenvalue weighted by Gasteiger charge is -2.35. The van der Waals surface area contributed by atoms with Crippen molar-refractivity contribution in [2.24, 2.45) is 0 Å². The van der Waals surface area contributed by atoms with Gasteiger partial charge in [-0.05, 0) is 18.2 Å². The summed E-state index contributed by atoms with van der Waals surface area (Å²) < 4.78 is 5.00. The van der Waals surface area contributed by atoms with Crippen molar-refractivity contribution < 1.29 is 9.53 Å². The van der Waals surface area contributed by atoms with Gasteiger partial charge >= 0.3 is 0 Å². The van der Waals surface area contributed by atoms with Crippen LogP contribution in [0, 0.1) is 11.3 Å². The Morgan fingerprint density at radius 3 is 2.62 bits per heavy atom. The molecular formula is C17H17N5O2. The standard InChI is InChI=1S/C17H17N5O2/c1-24-15-5-4-14(12-20-15)17(23)22-9-7-21(8-10-22)16-13(11-18)3-2-6-19-16/h2-6,12H,7-10H2,1H3. The molecule has 1 amide bonds. The highest BCUT2D eigenvalue weighted by molar-refractivity contribution is 5.94. The molecule has 2 aromatic rings. The second-order valence-corrected chi connectivity index (χ2v) is 5.35. The summed E-state index contributed by atoms with van der Waals surface area (Å²) in [5.41, 5.74) is 1.09. The number of carbonyl (C=O) groups is 1. The number of rotatable bonds is 3. The van der Waals surface area contributed by atoms with Gasteiger partial charge in [-0.1, -0.05) is 0 Å². The van der Waals surface area contributed by atoms with Crippen molar-refractivity contribution in [3.63, 3.8) is 0 Å². The molecule has 1 fully saturated rings. The molecule has 0 bridgehead atoms. The van der Waals surface area contributed by atoms with Crippen molar-refractivity contribution >= 4 is 11.7 Å². The summed E-state index contributed by atoms with van der Waals surface area (Å²) in [6.07, 6.45) is 3.21. The van der Waals surface area contributed by atoms with Gasteiger partial charge < -0.3 is 14.5 Å². The summed E-state index contributed by atoms with van der Waals surface area (Å²) >= 11 is 0. The smallest absolute Gasteiger partial charge is 0.255 e. The number of nitrogens with zero attached hydrogens (tertiary/aromatic N) is 5. The number of ether oxygens (including phenoxy) is 1. The van der Waals surface area contributed by atoms with Gasteiger partial charge in [-0.15, -0.1) is 0 Å². The largest absolute Gasteiger partial charge is 0.481 e. The number of carbonyl (C=O) groups excluding carboxylic acids is 1. The van der Waals surface area contributed by atoms with E-state index in [0.29, 0.717) is 49.0 Å². The molecular weight excluding hydrogens is 306 g/mol. The number of methoxy groups -OCH3 is 1. The Balaban J connectivity index is 1.66. The number of hydrogen-bond donors (Lipinski definition) is 0. The van der Waals surface area contributed by atoms with Crippen LogP contribution in [0.4, 0.5) is 5.82 Å². The van der Waals surface area contributed by atoms with Gasteiger partial charge in [0, 0.05) is 44.6 Å². The molecule has 24 heavy (non-hydrogen) atoms. The predicted octanol–water partition coefficient (Wildman–Crippen LogP) is 1.32. The summed E-state index contributed by atoms with van der Waals surface area (Å²) in [7, 11) is 1.54. The molecule has 0 spiro atoms. The normalized spacial score (nSPS) is 14.2. The monoisotopic (exact) mass is 323 g/mol. The fraction of sp³-hybridized carbons (Fsp3) is 0.294. The van der Waals surface area contributed by atoms with Crippen LogP contribution in [0.25, 0.3) is 0 Å². The summed E-state index contributed by atoms with van der Waals surface area (Å²) in [5, 5.41) is 9.18. The lowest BCUT2D eigenvalue weighted by atomic mass is 10.2. The van der Waals surface area contributed by atoms with E-state index < -0.39 is 0 Å². The molecule has 0 aromatic carbocycles. The van der Waals surface area contributed by atoms with E-state index in [4.69, 9.17) is 4.74 Å². The molecule has 3 rings (SSSR count). The van der Waals surface area contributed by atoms with Crippen molar-refractivity contribution in [2.75, 3.05) is 38.2 Å². The third-order valence-electron chi connectivity index (χ3n) is 3.97. The Morgan fingerprint density at radius 1 is 1.21 bits per heavy atom. The number of piperazine rings is 1. The zero-order valence-electron chi connectivity index (χ0n) is 13.3. The number of nitriles is 1. The van der Waals surface area contributed by atoms with Gasteiger partial charge in [-0.25, -0.2) is 9.97 Å². The summed E-state index contributed by atoms with van der Waals surface area (Å²) in [6.45, 7) is 2.43. The van der Waals surface area contributed by atoms with Crippen molar-refractivity contribution in [1.82, 2.24) is 14.9 Å². The Kier molecular flexibility index (Phi) is 4.57. The Labute approximate surface area is 140 Å². The van der Waals surface area contributed by atoms with Crippen molar-refractivity contribution in [2.45, 2.75) is 0 Å². The van der Waals surface area contributed by atoms with Crippen LogP contribution in [-0.2, 0) is 0 Å². The third-order valence-corrected chi connectivity index (χ3v) is 3.97. The second kappa shape index (κ2) is 6.96. The van der Waals surface area contributed by atoms with Gasteiger partial charge in [0.15, 0.2) is 0 Å². The fourth-order valence-electron chi connectivity index (χ4n) is 2.67. The zero-order valence-corrected chi connectivity index (χ0v) is 13.3. The Hall–Kier alpha value is -3.14. The first kappa shape index (κ1) is 15.7. The summed E-state index contributed by atoms with van der Waals surface area (Å²) in [6, 6.07) is 9.05. The van der Waals surface area contributed by atoms with E-state index in [-0.39, 0.29) is 5.91 Å². The highest BCUT2D eigenvalue weighted by atomic mass is 16.5. The number of aromatic nitrogens is 2. The summed E-state index contributed by atoms with van der Waals surface area (Å²) in [4.78, 5) is 24.7. The Morgan fingerprint density at radius 2 is 2.00 bits per heavy atom. The first-order valence-corrected chi connectivity index (χ1v) is 7.62. The minimum absolute atomic E-state index is 0.0497. The quantitative estimate of drug-likeness (QED) is 0.847. The first-order valence-electron chi connectivity index (χ1n) is 7.62. The third kappa shape index (κ3) is 3.13. The maximum Gasteiger partial charge on any atom is 0.255 e. The molecule has 0 radical (unpaired) electrons. The lowest BCUT2D eigenvalue weighted by Crippen LogP contribution is -2.49. The molecule has 0 unspecified atom stereocenters. The fourth-order valence-corrected chi connectivity index (χ4v) is 2.67. The lowest BCUT2D eigenvalue weighted by molar-refractivity contribution is 0.0746. The maximum atomic E-state index is 12.5. The van der Waals surface area contributed by atoms with E-state index >= 15 is 0 Å². The van der Waals surface area contributed by atoms with Crippen LogP contribution in [0.3, 0.4) is 0 Å². The molecule has 2 aromatic heterocycles. The van der Waals surface area contributed by atoms with Gasteiger partial charge in [0.25, 0.3) is 5.91 Å². The van der Waals surface area contributed by atoms with Crippen molar-refractivity contribution in [3.05, 3.63) is 47.8 Å². The minimum Gasteiger partial charge on any atom is -0.481 e. The van der Waals surface area contributed by atoms with E-state index in [1.54, 1.807) is 35.4 Å². The average molecular weight is 323 g/mol. The van der Waals surface area contributed by atoms with E-state index in [1.165, 1.54) is 13.3 Å². The van der Waals surface area contributed by atoms with Gasteiger partial charge in [0.2, 0.25) is 5.88 Å². The van der Waals surface area contributed by atoms with Crippen LogP contribution in [0.1, 0.15) is 15.9 Å². The van der Waals surface area contributed by atoms with E-state index in [1.807, 2.05) is 4.90 Å². The summed E-state index contributed by atoms with van der Waals surface area (Å²) in [5.74, 6) is 1.11. The van der Waals surface area contributed by atoms with Crippen molar-refractivity contribution in [1.29, 1.82) is 5.26 Å². The van der Waals surface area contributed by atoms with Gasteiger partial charge in [0.05, 0.1) is 18.2 Å². The van der Waals surface area contributed by atoms with Crippen LogP contribution in [0.2, 0.25) is 0 Å². The van der Waals surface area contributed by atoms with Crippen LogP contribution in [0.5, 0.6) is 5.88 Å². The van der Waals surface area contributed by atoms with Gasteiger partial charge in [-0.3, -0.25) is 4.79 Å². The molecule has 3 heterocycles. The van der Waals surface area contributed by atoms with E-state index in [2.05, 4.69) is 16.0 Å². The molecule has 7 heteroatoms. The zero-order chi connectivity index (χ0) is 16.9. The minimum atomic E-state index is -0.0497. The molecule has 0 saturated carbocycles. The molecule has 1 saturated heterocycles. The molecule has 1 aliphatic rings. The highest BCUT2D eigenvalue weighted by Gasteiger charge is 2.24. The number of amides is 1. The van der Waals surface area contributed by atoms with Crippen LogP contribution in [-0.4, -0.2) is 54.1 Å². The molecule has 0 N–H and O–H groups in total. The molecule has 122 valence electrons. The van der Waals surface area contributed by atoms with Crippen LogP contribution >= 0.6 is 0 Å². The van der Waals surface area contributed by atoms with Crippen LogP contribution in [0.15, 0.2) is 36.7 Å². The number of pyridine rings is 2. The number of hydrogen-bond acceptors (Lipinski definition) is 6. The highest BCUT2D eigenvalue weighted by Crippen LogP contribution is 2.19. The molecule has 7 nitrogen and oxygen atoms in total. The second-order valence-electron chi connectivity index (χ2n) is 5.35. The van der Waals surface area contributed by atoms with Gasteiger partial charge in [-0.2, -0.15) is 5.26 Å². The SMILES string of the molecule is COc1ccc(C(=O)N2CCN(c3ncccc3C#N)CC2)cn1. The molecule has 1 aliphatic heterocycles. The molecule has 0 aliphatic carbocycles. The van der Waals surface area contributed by atoms with Gasteiger partial charge in [0.1, 0.15) is 11.9 Å². The maximum absolute atomic E-state index is 12.5. The first-order chi connectivity index (χ1) is 11.7. The molecule has 0 atom stereocenters. The van der Waals surface area contributed by atoms with E-state index in [0.717, 1.165) is 0 Å². The average Bonchev–Trinajstić information content (AvgIpc) is 2.67. The van der Waals surface area contributed by atoms with E-state index in [9.17, 15) is 10.1 Å².